The Labute approximate surface area is 130 Å². The Kier molecular flexibility index (Phi) is 3.91. The summed E-state index contributed by atoms with van der Waals surface area (Å²) in [5.41, 5.74) is 0.324. The van der Waals surface area contributed by atoms with Crippen molar-refractivity contribution in [3.63, 3.8) is 0 Å². The number of amides is 1. The van der Waals surface area contributed by atoms with Gasteiger partial charge >= 0.3 is 0 Å². The van der Waals surface area contributed by atoms with Crippen LogP contribution in [0.5, 0.6) is 0 Å². The summed E-state index contributed by atoms with van der Waals surface area (Å²) >= 11 is 1.40. The van der Waals surface area contributed by atoms with Crippen LogP contribution in [-0.4, -0.2) is 33.0 Å². The zero-order chi connectivity index (χ0) is 15.7. The van der Waals surface area contributed by atoms with E-state index >= 15 is 0 Å². The molecule has 0 aliphatic carbocycles. The molecule has 1 amide bonds. The van der Waals surface area contributed by atoms with Crippen LogP contribution in [-0.2, 0) is 0 Å². The minimum Gasteiger partial charge on any atom is -0.394 e. The van der Waals surface area contributed by atoms with E-state index in [4.69, 9.17) is 5.11 Å². The highest BCUT2D eigenvalue weighted by atomic mass is 32.1. The zero-order valence-electron chi connectivity index (χ0n) is 11.9. The molecule has 1 aromatic carbocycles. The molecule has 6 nitrogen and oxygen atoms in total. The summed E-state index contributed by atoms with van der Waals surface area (Å²) in [6.45, 7) is 1.68. The molecule has 0 saturated carbocycles. The van der Waals surface area contributed by atoms with Crippen LogP contribution in [0.15, 0.2) is 35.3 Å². The van der Waals surface area contributed by atoms with Crippen molar-refractivity contribution in [2.75, 3.05) is 6.61 Å². The molecule has 0 radical (unpaired) electrons. The molecule has 2 heterocycles. The second-order valence-electron chi connectivity index (χ2n) is 4.93. The predicted octanol–water partition coefficient (Wildman–Crippen LogP) is 1.41. The monoisotopic (exact) mass is 317 g/mol. The van der Waals surface area contributed by atoms with Gasteiger partial charge in [-0.15, -0.1) is 0 Å². The van der Waals surface area contributed by atoms with Gasteiger partial charge in [0.2, 0.25) is 0 Å². The van der Waals surface area contributed by atoms with Gasteiger partial charge in [0.1, 0.15) is 5.56 Å². The zero-order valence-corrected chi connectivity index (χ0v) is 12.8. The molecular weight excluding hydrogens is 302 g/mol. The highest BCUT2D eigenvalue weighted by molar-refractivity contribution is 7.23. The van der Waals surface area contributed by atoms with Crippen LogP contribution in [0.2, 0.25) is 0 Å². The van der Waals surface area contributed by atoms with E-state index in [1.807, 2.05) is 31.2 Å². The van der Waals surface area contributed by atoms with E-state index in [2.05, 4.69) is 10.3 Å². The topological polar surface area (TPSA) is 83.7 Å². The lowest BCUT2D eigenvalue weighted by Crippen LogP contribution is -2.39. The molecule has 1 unspecified atom stereocenters. The third kappa shape index (κ3) is 2.38. The summed E-state index contributed by atoms with van der Waals surface area (Å²) < 4.78 is 2.39. The Balaban J connectivity index is 2.12. The molecule has 2 N–H and O–H groups in total. The largest absolute Gasteiger partial charge is 0.394 e. The number of aliphatic hydroxyl groups is 1. The first-order chi connectivity index (χ1) is 10.7. The van der Waals surface area contributed by atoms with E-state index in [0.717, 1.165) is 10.2 Å². The summed E-state index contributed by atoms with van der Waals surface area (Å²) in [5.74, 6) is -0.511. The maximum Gasteiger partial charge on any atom is 0.271 e. The molecule has 2 aromatic heterocycles. The van der Waals surface area contributed by atoms with E-state index < -0.39 is 11.5 Å². The fourth-order valence-corrected chi connectivity index (χ4v) is 3.23. The highest BCUT2D eigenvalue weighted by Crippen LogP contribution is 2.23. The van der Waals surface area contributed by atoms with Crippen molar-refractivity contribution < 1.29 is 9.90 Å². The van der Waals surface area contributed by atoms with E-state index in [9.17, 15) is 9.59 Å². The number of rotatable bonds is 4. The van der Waals surface area contributed by atoms with Gasteiger partial charge in [-0.05, 0) is 18.6 Å². The van der Waals surface area contributed by atoms with Crippen LogP contribution in [0, 0.1) is 0 Å². The predicted molar refractivity (Wildman–Crippen MR) is 85.5 cm³/mol. The minimum atomic E-state index is -0.511. The smallest absolute Gasteiger partial charge is 0.271 e. The van der Waals surface area contributed by atoms with Gasteiger partial charge in [0.05, 0.1) is 22.9 Å². The van der Waals surface area contributed by atoms with Crippen LogP contribution in [0.1, 0.15) is 23.7 Å². The summed E-state index contributed by atoms with van der Waals surface area (Å²) in [5, 5.41) is 11.8. The first-order valence-corrected chi connectivity index (χ1v) is 7.78. The second kappa shape index (κ2) is 5.86. The van der Waals surface area contributed by atoms with Crippen LogP contribution in [0.3, 0.4) is 0 Å². The van der Waals surface area contributed by atoms with E-state index in [0.29, 0.717) is 11.4 Å². The Morgan fingerprint density at radius 1 is 1.45 bits per heavy atom. The number of hydrogen-bond acceptors (Lipinski definition) is 5. The van der Waals surface area contributed by atoms with Crippen LogP contribution >= 0.6 is 11.3 Å². The van der Waals surface area contributed by atoms with Crippen LogP contribution in [0.4, 0.5) is 0 Å². The second-order valence-corrected chi connectivity index (χ2v) is 5.94. The average molecular weight is 317 g/mol. The number of carbonyl (C=O) groups excluding carboxylic acids is 1. The molecule has 0 fully saturated rings. The van der Waals surface area contributed by atoms with E-state index in [-0.39, 0.29) is 18.2 Å². The molecule has 0 spiro atoms. The lowest BCUT2D eigenvalue weighted by atomic mass is 10.2. The van der Waals surface area contributed by atoms with Crippen LogP contribution < -0.4 is 10.9 Å². The molecule has 114 valence electrons. The van der Waals surface area contributed by atoms with Gasteiger partial charge in [-0.25, -0.2) is 4.98 Å². The number of nitrogens with one attached hydrogen (secondary N) is 1. The number of para-hydroxylation sites is 1. The van der Waals surface area contributed by atoms with Crippen molar-refractivity contribution >= 4 is 32.4 Å². The number of fused-ring (bicyclic) bond motifs is 3. The quantitative estimate of drug-likeness (QED) is 0.762. The Hall–Kier alpha value is -2.25. The van der Waals surface area contributed by atoms with E-state index in [1.54, 1.807) is 0 Å². The molecule has 7 heteroatoms. The van der Waals surface area contributed by atoms with Crippen LogP contribution in [0.25, 0.3) is 15.2 Å². The number of thiazole rings is 1. The fraction of sp³-hybridized carbons (Fsp3) is 0.267. The number of aliphatic hydroxyl groups excluding tert-OH is 1. The summed E-state index contributed by atoms with van der Waals surface area (Å²) in [6, 6.07) is 7.10. The normalized spacial score (nSPS) is 12.6. The lowest BCUT2D eigenvalue weighted by molar-refractivity contribution is 0.0913. The van der Waals surface area contributed by atoms with Gasteiger partial charge < -0.3 is 10.4 Å². The van der Waals surface area contributed by atoms with Gasteiger partial charge in [-0.3, -0.25) is 14.0 Å². The van der Waals surface area contributed by atoms with Crippen molar-refractivity contribution in [2.24, 2.45) is 0 Å². The first kappa shape index (κ1) is 14.7. The molecule has 0 bridgehead atoms. The summed E-state index contributed by atoms with van der Waals surface area (Å²) in [4.78, 5) is 29.6. The SMILES string of the molecule is CCC(CO)NC(=O)c1cnc2sc3ccccc3n2c1=O. The molecule has 22 heavy (non-hydrogen) atoms. The summed E-state index contributed by atoms with van der Waals surface area (Å²) in [7, 11) is 0. The molecule has 3 rings (SSSR count). The molecular formula is C15H15N3O3S. The standard InChI is InChI=1S/C15H15N3O3S/c1-2-9(8-19)17-13(20)10-7-16-15-18(14(10)21)11-5-3-4-6-12(11)22-15/h3-7,9,19H,2,8H2,1H3,(H,17,20). The summed E-state index contributed by atoms with van der Waals surface area (Å²) in [6.07, 6.45) is 1.88. The third-order valence-electron chi connectivity index (χ3n) is 3.53. The van der Waals surface area contributed by atoms with Gasteiger partial charge in [-0.2, -0.15) is 0 Å². The minimum absolute atomic E-state index is 0.0204. The third-order valence-corrected chi connectivity index (χ3v) is 4.56. The van der Waals surface area contributed by atoms with Crippen molar-refractivity contribution in [2.45, 2.75) is 19.4 Å². The number of hydrogen-bond donors (Lipinski definition) is 2. The Bertz CT molecular complexity index is 896. The first-order valence-electron chi connectivity index (χ1n) is 6.96. The van der Waals surface area contributed by atoms with Crippen molar-refractivity contribution in [3.05, 3.63) is 46.4 Å². The molecule has 0 saturated heterocycles. The Morgan fingerprint density at radius 3 is 2.95 bits per heavy atom. The maximum absolute atomic E-state index is 12.6. The number of nitrogens with zero attached hydrogens (tertiary/aromatic N) is 2. The molecule has 3 aromatic rings. The maximum atomic E-state index is 12.6. The molecule has 0 aliphatic rings. The van der Waals surface area contributed by atoms with Gasteiger partial charge in [-0.1, -0.05) is 30.4 Å². The highest BCUT2D eigenvalue weighted by Gasteiger charge is 2.18. The average Bonchev–Trinajstić information content (AvgIpc) is 2.92. The van der Waals surface area contributed by atoms with E-state index in [1.165, 1.54) is 21.9 Å². The number of carbonyl (C=O) groups is 1. The molecule has 1 atom stereocenters. The fourth-order valence-electron chi connectivity index (χ4n) is 2.25. The van der Waals surface area contributed by atoms with Gasteiger partial charge in [0, 0.05) is 6.20 Å². The lowest BCUT2D eigenvalue weighted by Gasteiger charge is -2.13. The Morgan fingerprint density at radius 2 is 2.23 bits per heavy atom. The van der Waals surface area contributed by atoms with Gasteiger partial charge in [0.25, 0.3) is 11.5 Å². The van der Waals surface area contributed by atoms with Gasteiger partial charge in [0.15, 0.2) is 4.96 Å². The van der Waals surface area contributed by atoms with Crippen molar-refractivity contribution in [1.29, 1.82) is 0 Å². The van der Waals surface area contributed by atoms with Crippen molar-refractivity contribution in [3.8, 4) is 0 Å². The van der Waals surface area contributed by atoms with Crippen molar-refractivity contribution in [1.82, 2.24) is 14.7 Å². The number of benzene rings is 1. The number of aromatic nitrogens is 2. The molecule has 0 aliphatic heterocycles.